The molecule has 0 spiro atoms. The maximum atomic E-state index is 13.5. The van der Waals surface area contributed by atoms with Crippen LogP contribution >= 0.6 is 11.8 Å². The molecule has 5 heteroatoms. The summed E-state index contributed by atoms with van der Waals surface area (Å²) < 4.78 is 13.5. The number of hydrogen-bond acceptors (Lipinski definition) is 3. The van der Waals surface area contributed by atoms with E-state index in [-0.39, 0.29) is 11.7 Å². The van der Waals surface area contributed by atoms with Crippen LogP contribution in [0.5, 0.6) is 0 Å². The van der Waals surface area contributed by atoms with Crippen LogP contribution in [0.4, 0.5) is 4.39 Å². The van der Waals surface area contributed by atoms with Crippen LogP contribution in [0, 0.1) is 0 Å². The molecule has 1 saturated carbocycles. The Kier molecular flexibility index (Phi) is 7.41. The van der Waals surface area contributed by atoms with E-state index in [9.17, 15) is 9.18 Å². The van der Waals surface area contributed by atoms with Crippen molar-refractivity contribution in [2.45, 2.75) is 56.4 Å². The Bertz CT molecular complexity index is 1110. The van der Waals surface area contributed by atoms with E-state index in [1.807, 2.05) is 37.3 Å². The summed E-state index contributed by atoms with van der Waals surface area (Å²) in [7, 11) is 0. The van der Waals surface area contributed by atoms with Crippen molar-refractivity contribution in [3.05, 3.63) is 94.0 Å². The van der Waals surface area contributed by atoms with E-state index in [0.717, 1.165) is 45.2 Å². The van der Waals surface area contributed by atoms with Gasteiger partial charge in [-0.1, -0.05) is 66.8 Å². The number of halogens is 1. The maximum absolute atomic E-state index is 13.5. The Labute approximate surface area is 193 Å². The smallest absolute Gasteiger partial charge is 0.224 e. The van der Waals surface area contributed by atoms with Gasteiger partial charge in [-0.25, -0.2) is 0 Å². The minimum absolute atomic E-state index is 0.0787. The Morgan fingerprint density at radius 1 is 1.31 bits per heavy atom. The van der Waals surface area contributed by atoms with Gasteiger partial charge in [-0.15, -0.1) is 0 Å². The lowest BCUT2D eigenvalue weighted by atomic mass is 10.0. The van der Waals surface area contributed by atoms with E-state index in [1.165, 1.54) is 18.9 Å². The molecule has 3 nitrogen and oxygen atoms in total. The molecule has 4 rings (SSSR count). The Morgan fingerprint density at radius 2 is 2.12 bits per heavy atom. The molecular weight excluding hydrogens is 419 g/mol. The molecule has 0 unspecified atom stereocenters. The summed E-state index contributed by atoms with van der Waals surface area (Å²) in [6.45, 7) is 1.99. The number of fused-ring (bicyclic) bond motifs is 1. The fourth-order valence-corrected chi connectivity index (χ4v) is 5.08. The molecule has 0 atom stereocenters. The highest BCUT2D eigenvalue weighted by Gasteiger charge is 2.18. The number of amides is 1. The highest BCUT2D eigenvalue weighted by molar-refractivity contribution is 8.03. The number of rotatable bonds is 6. The summed E-state index contributed by atoms with van der Waals surface area (Å²) in [4.78, 5) is 19.3. The molecule has 1 fully saturated rings. The van der Waals surface area contributed by atoms with Gasteiger partial charge < -0.3 is 5.32 Å². The number of carbonyl (C=O) groups is 1. The predicted octanol–water partition coefficient (Wildman–Crippen LogP) is 6.71. The van der Waals surface area contributed by atoms with E-state index in [2.05, 4.69) is 23.2 Å². The van der Waals surface area contributed by atoms with E-state index < -0.39 is 0 Å². The van der Waals surface area contributed by atoms with E-state index >= 15 is 0 Å². The molecule has 3 aliphatic rings. The fourth-order valence-electron chi connectivity index (χ4n) is 4.04. The minimum atomic E-state index is -0.379. The van der Waals surface area contributed by atoms with Crippen molar-refractivity contribution in [2.24, 2.45) is 4.99 Å². The third-order valence-electron chi connectivity index (χ3n) is 5.69. The third kappa shape index (κ3) is 5.87. The molecule has 1 aliphatic heterocycles. The van der Waals surface area contributed by atoms with Crippen LogP contribution in [0.2, 0.25) is 0 Å². The molecule has 1 N–H and O–H groups in total. The maximum Gasteiger partial charge on any atom is 0.224 e. The van der Waals surface area contributed by atoms with Gasteiger partial charge >= 0.3 is 0 Å². The summed E-state index contributed by atoms with van der Waals surface area (Å²) >= 11 is 1.66. The summed E-state index contributed by atoms with van der Waals surface area (Å²) in [6.07, 6.45) is 16.2. The summed E-state index contributed by atoms with van der Waals surface area (Å²) in [5.74, 6) is -0.300. The molecule has 0 bridgehead atoms. The number of hydrogen-bond donors (Lipinski definition) is 1. The number of benzene rings is 1. The minimum Gasteiger partial charge on any atom is -0.353 e. The van der Waals surface area contributed by atoms with Crippen LogP contribution in [0.15, 0.2) is 98.3 Å². The summed E-state index contributed by atoms with van der Waals surface area (Å²) in [6, 6.07) is 8.53. The standard InChI is InChI=1S/C27H27FN2OS/c1-19-25(14-7-15-27(31)30-22-10-2-3-11-22)32-26-13-5-4-12-23(26)24(29-19)18-20-8-6-9-21(28)17-16-20/h4-9,12-14,16,22H,2-3,10-11,15,18H2,1H3,(H,30,31)/b14-7-. The third-order valence-corrected chi connectivity index (χ3v) is 6.92. The number of allylic oxidation sites excluding steroid dienone is 7. The van der Waals surface area contributed by atoms with Crippen molar-refractivity contribution in [1.82, 2.24) is 5.32 Å². The molecule has 32 heavy (non-hydrogen) atoms. The average Bonchev–Trinajstić information content (AvgIpc) is 3.15. The van der Waals surface area contributed by atoms with Crippen molar-refractivity contribution in [2.75, 3.05) is 0 Å². The number of thioether (sulfide) groups is 1. The lowest BCUT2D eigenvalue weighted by Gasteiger charge is -2.10. The molecule has 1 aromatic carbocycles. The molecule has 2 aliphatic carbocycles. The average molecular weight is 447 g/mol. The number of nitrogens with one attached hydrogen (secondary N) is 1. The molecule has 1 heterocycles. The predicted molar refractivity (Wildman–Crippen MR) is 130 cm³/mol. The van der Waals surface area contributed by atoms with Crippen LogP contribution in [-0.2, 0) is 4.79 Å². The van der Waals surface area contributed by atoms with Crippen molar-refractivity contribution in [3.63, 3.8) is 0 Å². The molecule has 164 valence electrons. The first kappa shape index (κ1) is 22.3. The second-order valence-electron chi connectivity index (χ2n) is 8.18. The van der Waals surface area contributed by atoms with Crippen LogP contribution in [0.25, 0.3) is 0 Å². The van der Waals surface area contributed by atoms with Crippen molar-refractivity contribution in [3.8, 4) is 0 Å². The molecular formula is C27H27FN2OS. The zero-order valence-corrected chi connectivity index (χ0v) is 19.1. The van der Waals surface area contributed by atoms with Gasteiger partial charge in [-0.3, -0.25) is 9.79 Å². The topological polar surface area (TPSA) is 41.5 Å². The lowest BCUT2D eigenvalue weighted by molar-refractivity contribution is -0.120. The van der Waals surface area contributed by atoms with Crippen molar-refractivity contribution < 1.29 is 9.18 Å². The number of nitrogens with zero attached hydrogens (tertiary/aromatic N) is 1. The van der Waals surface area contributed by atoms with Gasteiger partial charge in [-0.2, -0.15) is 4.39 Å². The van der Waals surface area contributed by atoms with Gasteiger partial charge in [0.15, 0.2) is 5.83 Å². The van der Waals surface area contributed by atoms with E-state index in [1.54, 1.807) is 23.9 Å². The van der Waals surface area contributed by atoms with Gasteiger partial charge in [0.1, 0.15) is 0 Å². The highest BCUT2D eigenvalue weighted by atomic mass is 32.2. The number of carbonyl (C=O) groups excluding carboxylic acids is 1. The van der Waals surface area contributed by atoms with Crippen LogP contribution in [-0.4, -0.2) is 17.7 Å². The first-order valence-corrected chi connectivity index (χ1v) is 11.9. The first-order valence-electron chi connectivity index (χ1n) is 11.1. The van der Waals surface area contributed by atoms with Crippen molar-refractivity contribution in [1.29, 1.82) is 0 Å². The Balaban J connectivity index is 1.53. The number of aliphatic imine (C=N–C) groups is 1. The SMILES string of the molecule is CC1=C(/C=C\CC(=O)NC2CCCC2)Sc2ccccc2C(CC2=CC=CC(F)=C=C2)=N1. The van der Waals surface area contributed by atoms with Crippen molar-refractivity contribution >= 4 is 23.4 Å². The largest absolute Gasteiger partial charge is 0.353 e. The normalized spacial score (nSPS) is 18.8. The van der Waals surface area contributed by atoms with Gasteiger partial charge in [0.25, 0.3) is 0 Å². The molecule has 0 aromatic heterocycles. The fraction of sp³-hybridized carbons (Fsp3) is 0.296. The van der Waals surface area contributed by atoms with Gasteiger partial charge in [0.05, 0.1) is 11.4 Å². The van der Waals surface area contributed by atoms with Gasteiger partial charge in [-0.05, 0) is 49.6 Å². The Hall–Kier alpha value is -2.88. The van der Waals surface area contributed by atoms with Crippen LogP contribution < -0.4 is 5.32 Å². The summed E-state index contributed by atoms with van der Waals surface area (Å²) in [5.41, 5.74) is 6.52. The Morgan fingerprint density at radius 3 is 2.97 bits per heavy atom. The van der Waals surface area contributed by atoms with E-state index in [4.69, 9.17) is 4.99 Å². The highest BCUT2D eigenvalue weighted by Crippen LogP contribution is 2.37. The molecule has 0 radical (unpaired) electrons. The second-order valence-corrected chi connectivity index (χ2v) is 9.26. The zero-order valence-electron chi connectivity index (χ0n) is 18.2. The van der Waals surface area contributed by atoms with Crippen LogP contribution in [0.1, 0.15) is 51.0 Å². The molecule has 0 saturated heterocycles. The lowest BCUT2D eigenvalue weighted by Crippen LogP contribution is -2.31. The second kappa shape index (κ2) is 10.6. The van der Waals surface area contributed by atoms with Gasteiger partial charge in [0, 0.05) is 34.2 Å². The quantitative estimate of drug-likeness (QED) is 0.493. The van der Waals surface area contributed by atoms with E-state index in [0.29, 0.717) is 18.9 Å². The van der Waals surface area contributed by atoms with Gasteiger partial charge in [0.2, 0.25) is 5.91 Å². The molecule has 1 aromatic rings. The molecule has 1 amide bonds. The van der Waals surface area contributed by atoms with Crippen LogP contribution in [0.3, 0.4) is 0 Å². The zero-order chi connectivity index (χ0) is 22.3. The first-order chi connectivity index (χ1) is 15.6. The monoisotopic (exact) mass is 446 g/mol. The summed E-state index contributed by atoms with van der Waals surface area (Å²) in [5, 5.41) is 3.13.